The second kappa shape index (κ2) is 7.55. The molecule has 26 heavy (non-hydrogen) atoms. The number of thioether (sulfide) groups is 1. The maximum Gasteiger partial charge on any atom is 0.235 e. The summed E-state index contributed by atoms with van der Waals surface area (Å²) in [6, 6.07) is 2.29. The number of aromatic nitrogens is 2. The number of rotatable bonds is 4. The zero-order chi connectivity index (χ0) is 18.9. The number of nitrogens with one attached hydrogen (secondary N) is 1. The average Bonchev–Trinajstić information content (AvgIpc) is 3.14. The molecule has 3 rings (SSSR count). The maximum atomic E-state index is 12.3. The predicted octanol–water partition coefficient (Wildman–Crippen LogP) is 3.94. The molecule has 138 valence electrons. The highest BCUT2D eigenvalue weighted by atomic mass is 32.2. The van der Waals surface area contributed by atoms with Crippen LogP contribution in [0.4, 0.5) is 10.1 Å². The molecule has 0 bridgehead atoms. The Hall–Kier alpha value is -1.63. The lowest BCUT2D eigenvalue weighted by molar-refractivity contribution is -0.113. The van der Waals surface area contributed by atoms with Gasteiger partial charge in [0.2, 0.25) is 11.0 Å². The van der Waals surface area contributed by atoms with E-state index in [-0.39, 0.29) is 17.1 Å². The van der Waals surface area contributed by atoms with Gasteiger partial charge in [0.15, 0.2) is 4.34 Å². The molecular weight excluding hydrogens is 386 g/mol. The molecule has 2 aromatic heterocycles. The number of nitriles is 1. The standard InChI is InChI=1S/C17H21N5OS3/c1-17(2,3)9-4-5-10-11(7-18)14(25-12(10)6-9)20-13(23)8-24-16-22-21-15(19)26-16/h9H,4-6,8H2,1-3H3,(H2,19,21)(H,20,23). The highest BCUT2D eigenvalue weighted by molar-refractivity contribution is 8.01. The van der Waals surface area contributed by atoms with E-state index in [0.29, 0.717) is 26.0 Å². The molecule has 2 aromatic rings. The number of amides is 1. The van der Waals surface area contributed by atoms with Crippen LogP contribution >= 0.6 is 34.4 Å². The van der Waals surface area contributed by atoms with E-state index in [9.17, 15) is 10.1 Å². The van der Waals surface area contributed by atoms with Crippen LogP contribution in [0.3, 0.4) is 0 Å². The summed E-state index contributed by atoms with van der Waals surface area (Å²) in [7, 11) is 0. The van der Waals surface area contributed by atoms with Crippen LogP contribution in [-0.4, -0.2) is 21.9 Å². The summed E-state index contributed by atoms with van der Waals surface area (Å²) >= 11 is 4.10. The van der Waals surface area contributed by atoms with Crippen molar-refractivity contribution in [2.75, 3.05) is 16.8 Å². The smallest absolute Gasteiger partial charge is 0.235 e. The largest absolute Gasteiger partial charge is 0.374 e. The van der Waals surface area contributed by atoms with E-state index in [4.69, 9.17) is 5.73 Å². The number of fused-ring (bicyclic) bond motifs is 1. The summed E-state index contributed by atoms with van der Waals surface area (Å²) in [5.41, 5.74) is 7.55. The van der Waals surface area contributed by atoms with Gasteiger partial charge in [-0.15, -0.1) is 21.5 Å². The lowest BCUT2D eigenvalue weighted by atomic mass is 9.72. The number of nitrogens with two attached hydrogens (primary N) is 1. The van der Waals surface area contributed by atoms with Crippen molar-refractivity contribution in [3.63, 3.8) is 0 Å². The minimum Gasteiger partial charge on any atom is -0.374 e. The van der Waals surface area contributed by atoms with Crippen LogP contribution in [0.1, 0.15) is 43.2 Å². The first-order chi connectivity index (χ1) is 12.3. The highest BCUT2D eigenvalue weighted by Gasteiger charge is 2.32. The summed E-state index contributed by atoms with van der Waals surface area (Å²) in [6.45, 7) is 6.80. The molecule has 0 aliphatic heterocycles. The van der Waals surface area contributed by atoms with Gasteiger partial charge in [0.1, 0.15) is 11.1 Å². The fourth-order valence-corrected chi connectivity index (χ4v) is 5.83. The lowest BCUT2D eigenvalue weighted by Gasteiger charge is -2.33. The van der Waals surface area contributed by atoms with Crippen LogP contribution in [0.2, 0.25) is 0 Å². The number of hydrogen-bond donors (Lipinski definition) is 2. The Morgan fingerprint density at radius 2 is 2.19 bits per heavy atom. The molecule has 0 saturated carbocycles. The van der Waals surface area contributed by atoms with Crippen molar-refractivity contribution in [3.05, 3.63) is 16.0 Å². The van der Waals surface area contributed by atoms with Crippen molar-refractivity contribution in [2.45, 2.75) is 44.4 Å². The summed E-state index contributed by atoms with van der Waals surface area (Å²) in [4.78, 5) is 13.5. The normalized spacial score (nSPS) is 16.8. The minimum absolute atomic E-state index is 0.147. The Balaban J connectivity index is 1.70. The van der Waals surface area contributed by atoms with E-state index < -0.39 is 0 Å². The van der Waals surface area contributed by atoms with Gasteiger partial charge < -0.3 is 11.1 Å². The summed E-state index contributed by atoms with van der Waals surface area (Å²) in [5.74, 6) is 0.667. The monoisotopic (exact) mass is 407 g/mol. The quantitative estimate of drug-likeness (QED) is 0.744. The molecule has 0 aromatic carbocycles. The van der Waals surface area contributed by atoms with Crippen molar-refractivity contribution in [2.24, 2.45) is 11.3 Å². The number of thiophene rings is 1. The topological polar surface area (TPSA) is 105 Å². The summed E-state index contributed by atoms with van der Waals surface area (Å²) in [5, 5.41) is 21.2. The van der Waals surface area contributed by atoms with E-state index in [1.807, 2.05) is 0 Å². The molecule has 1 atom stereocenters. The van der Waals surface area contributed by atoms with Gasteiger partial charge >= 0.3 is 0 Å². The molecule has 1 amide bonds. The van der Waals surface area contributed by atoms with E-state index in [1.165, 1.54) is 28.0 Å². The molecule has 0 spiro atoms. The van der Waals surface area contributed by atoms with Crippen molar-refractivity contribution in [1.29, 1.82) is 5.26 Å². The third-order valence-electron chi connectivity index (χ3n) is 4.60. The van der Waals surface area contributed by atoms with E-state index in [1.54, 1.807) is 11.3 Å². The molecule has 1 aliphatic rings. The molecule has 0 saturated heterocycles. The van der Waals surface area contributed by atoms with E-state index in [2.05, 4.69) is 42.4 Å². The Bertz CT molecular complexity index is 859. The third kappa shape index (κ3) is 4.19. The number of nitrogens with zero attached hydrogens (tertiary/aromatic N) is 3. The van der Waals surface area contributed by atoms with Crippen molar-refractivity contribution < 1.29 is 4.79 Å². The number of hydrogen-bond acceptors (Lipinski definition) is 8. The molecule has 2 heterocycles. The fourth-order valence-electron chi connectivity index (χ4n) is 3.10. The second-order valence-electron chi connectivity index (χ2n) is 7.37. The van der Waals surface area contributed by atoms with Gasteiger partial charge in [-0.05, 0) is 36.2 Å². The van der Waals surface area contributed by atoms with E-state index >= 15 is 0 Å². The number of carbonyl (C=O) groups excluding carboxylic acids is 1. The van der Waals surface area contributed by atoms with E-state index in [0.717, 1.165) is 24.8 Å². The molecule has 3 N–H and O–H groups in total. The molecule has 0 radical (unpaired) electrons. The van der Waals surface area contributed by atoms with Gasteiger partial charge in [-0.3, -0.25) is 4.79 Å². The van der Waals surface area contributed by atoms with Crippen molar-refractivity contribution in [1.82, 2.24) is 10.2 Å². The van der Waals surface area contributed by atoms with Crippen LogP contribution in [0.5, 0.6) is 0 Å². The van der Waals surface area contributed by atoms with Crippen molar-refractivity contribution in [3.8, 4) is 6.07 Å². The average molecular weight is 408 g/mol. The number of carbonyl (C=O) groups is 1. The zero-order valence-corrected chi connectivity index (χ0v) is 17.4. The summed E-state index contributed by atoms with van der Waals surface area (Å²) < 4.78 is 0.664. The predicted molar refractivity (Wildman–Crippen MR) is 108 cm³/mol. The van der Waals surface area contributed by atoms with Gasteiger partial charge in [-0.25, -0.2) is 0 Å². The Morgan fingerprint density at radius 1 is 1.42 bits per heavy atom. The van der Waals surface area contributed by atoms with Crippen LogP contribution in [-0.2, 0) is 17.6 Å². The van der Waals surface area contributed by atoms with Gasteiger partial charge in [0, 0.05) is 4.88 Å². The maximum absolute atomic E-state index is 12.3. The van der Waals surface area contributed by atoms with Crippen LogP contribution in [0.15, 0.2) is 4.34 Å². The fraction of sp³-hybridized carbons (Fsp3) is 0.529. The lowest BCUT2D eigenvalue weighted by Crippen LogP contribution is -2.26. The van der Waals surface area contributed by atoms with Crippen LogP contribution in [0, 0.1) is 22.7 Å². The van der Waals surface area contributed by atoms with Gasteiger partial charge in [0.05, 0.1) is 11.3 Å². The molecule has 0 fully saturated rings. The number of nitrogen functional groups attached to an aromatic ring is 1. The number of anilines is 2. The third-order valence-corrected chi connectivity index (χ3v) is 7.66. The first kappa shape index (κ1) is 19.1. The van der Waals surface area contributed by atoms with Gasteiger partial charge in [-0.2, -0.15) is 5.26 Å². The highest BCUT2D eigenvalue weighted by Crippen LogP contribution is 2.44. The molecule has 9 heteroatoms. The molecular formula is C17H21N5OS3. The Labute approximate surface area is 165 Å². The second-order valence-corrected chi connectivity index (χ2v) is 10.7. The molecule has 1 aliphatic carbocycles. The van der Waals surface area contributed by atoms with Crippen LogP contribution in [0.25, 0.3) is 0 Å². The minimum atomic E-state index is -0.147. The Morgan fingerprint density at radius 3 is 2.81 bits per heavy atom. The van der Waals surface area contributed by atoms with Gasteiger partial charge in [0.25, 0.3) is 0 Å². The SMILES string of the molecule is CC(C)(C)C1CCc2c(sc(NC(=O)CSc3nnc(N)s3)c2C#N)C1. The van der Waals surface area contributed by atoms with Gasteiger partial charge in [-0.1, -0.05) is 43.9 Å². The first-order valence-electron chi connectivity index (χ1n) is 8.34. The zero-order valence-electron chi connectivity index (χ0n) is 15.0. The van der Waals surface area contributed by atoms with Crippen LogP contribution < -0.4 is 11.1 Å². The molecule has 1 unspecified atom stereocenters. The van der Waals surface area contributed by atoms with Crippen molar-refractivity contribution >= 4 is 50.5 Å². The first-order valence-corrected chi connectivity index (χ1v) is 11.0. The molecule has 6 nitrogen and oxygen atoms in total. The Kier molecular flexibility index (Phi) is 5.55. The summed E-state index contributed by atoms with van der Waals surface area (Å²) in [6.07, 6.45) is 2.97.